The summed E-state index contributed by atoms with van der Waals surface area (Å²) < 4.78 is 5.41. The van der Waals surface area contributed by atoms with E-state index in [0.29, 0.717) is 25.3 Å². The number of pyridine rings is 1. The number of rotatable bonds is 8. The molecule has 110 valence electrons. The topological polar surface area (TPSA) is 71.5 Å². The minimum absolute atomic E-state index is 0.0974. The van der Waals surface area contributed by atoms with Crippen LogP contribution in [0.1, 0.15) is 30.8 Å². The molecule has 0 aliphatic heterocycles. The summed E-state index contributed by atoms with van der Waals surface area (Å²) in [6.45, 7) is 8.42. The first-order valence-electron chi connectivity index (χ1n) is 6.58. The van der Waals surface area contributed by atoms with Crippen LogP contribution in [0.15, 0.2) is 31.0 Å². The zero-order valence-corrected chi connectivity index (χ0v) is 12.1. The molecule has 0 aromatic carbocycles. The number of carbonyl (C=O) groups excluding carboxylic acids is 1. The van der Waals surface area contributed by atoms with Gasteiger partial charge in [0, 0.05) is 19.3 Å². The van der Waals surface area contributed by atoms with Gasteiger partial charge in [-0.05, 0) is 24.0 Å². The molecule has 0 aliphatic rings. The number of hydrogen-bond acceptors (Lipinski definition) is 4. The zero-order chi connectivity index (χ0) is 15.0. The van der Waals surface area contributed by atoms with Gasteiger partial charge in [0.05, 0.1) is 0 Å². The molecule has 0 fully saturated rings. The van der Waals surface area contributed by atoms with Crippen molar-refractivity contribution in [1.29, 1.82) is 0 Å². The van der Waals surface area contributed by atoms with Crippen LogP contribution in [-0.2, 0) is 0 Å². The van der Waals surface area contributed by atoms with E-state index in [-0.39, 0.29) is 23.6 Å². The number of nitrogens with zero attached hydrogens (tertiary/aromatic N) is 1. The molecular weight excluding hydrogens is 256 g/mol. The highest BCUT2D eigenvalue weighted by atomic mass is 16.5. The molecule has 20 heavy (non-hydrogen) atoms. The lowest BCUT2D eigenvalue weighted by Gasteiger charge is -2.23. The monoisotopic (exact) mass is 278 g/mol. The van der Waals surface area contributed by atoms with Crippen molar-refractivity contribution in [3.63, 3.8) is 0 Å². The maximum atomic E-state index is 12.1. The Kier molecular flexibility index (Phi) is 6.18. The van der Waals surface area contributed by atoms with Crippen LogP contribution in [0.2, 0.25) is 0 Å². The number of amides is 1. The summed E-state index contributed by atoms with van der Waals surface area (Å²) in [7, 11) is 0. The Morgan fingerprint density at radius 2 is 2.35 bits per heavy atom. The largest absolute Gasteiger partial charge is 0.487 e. The van der Waals surface area contributed by atoms with Gasteiger partial charge in [0.15, 0.2) is 11.4 Å². The number of aliphatic hydroxyl groups is 1. The second-order valence-corrected chi connectivity index (χ2v) is 5.27. The van der Waals surface area contributed by atoms with Crippen molar-refractivity contribution in [1.82, 2.24) is 10.3 Å². The highest BCUT2D eigenvalue weighted by molar-refractivity contribution is 5.94. The second kappa shape index (κ2) is 7.65. The van der Waals surface area contributed by atoms with E-state index in [1.54, 1.807) is 24.4 Å². The Morgan fingerprint density at radius 3 is 3.00 bits per heavy atom. The number of carbonyl (C=O) groups is 1. The molecule has 1 heterocycles. The number of aromatic nitrogens is 1. The van der Waals surface area contributed by atoms with Crippen LogP contribution in [0.5, 0.6) is 5.75 Å². The number of ether oxygens (including phenoxy) is 1. The molecule has 1 rings (SSSR count). The lowest BCUT2D eigenvalue weighted by Crippen LogP contribution is -2.35. The van der Waals surface area contributed by atoms with E-state index >= 15 is 0 Å². The van der Waals surface area contributed by atoms with Crippen molar-refractivity contribution in [2.24, 2.45) is 5.41 Å². The Hall–Kier alpha value is -1.88. The summed E-state index contributed by atoms with van der Waals surface area (Å²) >= 11 is 0. The van der Waals surface area contributed by atoms with Gasteiger partial charge >= 0.3 is 0 Å². The minimum atomic E-state index is -0.282. The second-order valence-electron chi connectivity index (χ2n) is 5.27. The summed E-state index contributed by atoms with van der Waals surface area (Å²) in [5.74, 6) is 0.153. The molecule has 0 unspecified atom stereocenters. The number of nitrogens with one attached hydrogen (secondary N) is 1. The van der Waals surface area contributed by atoms with Gasteiger partial charge in [-0.2, -0.15) is 0 Å². The van der Waals surface area contributed by atoms with Gasteiger partial charge < -0.3 is 15.2 Å². The molecule has 1 amide bonds. The predicted molar refractivity (Wildman–Crippen MR) is 77.7 cm³/mol. The van der Waals surface area contributed by atoms with Gasteiger partial charge in [0.1, 0.15) is 6.61 Å². The van der Waals surface area contributed by atoms with E-state index in [4.69, 9.17) is 9.84 Å². The molecule has 5 nitrogen and oxygen atoms in total. The molecule has 0 spiro atoms. The lowest BCUT2D eigenvalue weighted by atomic mass is 9.90. The van der Waals surface area contributed by atoms with E-state index in [1.807, 2.05) is 13.8 Å². The quantitative estimate of drug-likeness (QED) is 0.711. The van der Waals surface area contributed by atoms with E-state index < -0.39 is 0 Å². The fraction of sp³-hybridized carbons (Fsp3) is 0.467. The smallest absolute Gasteiger partial charge is 0.273 e. The highest BCUT2D eigenvalue weighted by Gasteiger charge is 2.20. The normalized spacial score (nSPS) is 10.9. The molecule has 1 aromatic rings. The summed E-state index contributed by atoms with van der Waals surface area (Å²) in [4.78, 5) is 16.2. The summed E-state index contributed by atoms with van der Waals surface area (Å²) in [5.41, 5.74) is 0.0931. The Bertz CT molecular complexity index is 458. The van der Waals surface area contributed by atoms with Crippen LogP contribution in [-0.4, -0.2) is 35.8 Å². The molecule has 0 saturated heterocycles. The SMILES string of the molecule is C=CCOc1cccnc1C(=O)NCC(C)(C)CCO. The van der Waals surface area contributed by atoms with Gasteiger partial charge in [0.25, 0.3) is 5.91 Å². The van der Waals surface area contributed by atoms with Gasteiger partial charge in [0.2, 0.25) is 0 Å². The molecule has 5 heteroatoms. The first-order chi connectivity index (χ1) is 9.50. The minimum Gasteiger partial charge on any atom is -0.487 e. The molecule has 0 atom stereocenters. The zero-order valence-electron chi connectivity index (χ0n) is 12.1. The van der Waals surface area contributed by atoms with Gasteiger partial charge in [-0.15, -0.1) is 0 Å². The fourth-order valence-corrected chi connectivity index (χ4v) is 1.62. The van der Waals surface area contributed by atoms with Crippen molar-refractivity contribution < 1.29 is 14.6 Å². The molecule has 0 aliphatic carbocycles. The van der Waals surface area contributed by atoms with Crippen molar-refractivity contribution in [2.75, 3.05) is 19.8 Å². The number of hydrogen-bond donors (Lipinski definition) is 2. The molecule has 0 radical (unpaired) electrons. The van der Waals surface area contributed by atoms with Crippen molar-refractivity contribution in [3.05, 3.63) is 36.7 Å². The Morgan fingerprint density at radius 1 is 1.60 bits per heavy atom. The first kappa shape index (κ1) is 16.2. The third-order valence-corrected chi connectivity index (χ3v) is 2.86. The van der Waals surface area contributed by atoms with Gasteiger partial charge in [-0.3, -0.25) is 4.79 Å². The van der Waals surface area contributed by atoms with Crippen LogP contribution in [0.4, 0.5) is 0 Å². The number of aliphatic hydroxyl groups excluding tert-OH is 1. The Balaban J connectivity index is 2.70. The van der Waals surface area contributed by atoms with Crippen LogP contribution in [0, 0.1) is 5.41 Å². The molecule has 0 saturated carbocycles. The van der Waals surface area contributed by atoms with Crippen LogP contribution in [0.25, 0.3) is 0 Å². The van der Waals surface area contributed by atoms with Crippen molar-refractivity contribution >= 4 is 5.91 Å². The van der Waals surface area contributed by atoms with Crippen LogP contribution >= 0.6 is 0 Å². The van der Waals surface area contributed by atoms with E-state index in [0.717, 1.165) is 0 Å². The maximum Gasteiger partial charge on any atom is 0.273 e. The van der Waals surface area contributed by atoms with Crippen molar-refractivity contribution in [2.45, 2.75) is 20.3 Å². The van der Waals surface area contributed by atoms with Gasteiger partial charge in [-0.1, -0.05) is 26.5 Å². The third-order valence-electron chi connectivity index (χ3n) is 2.86. The summed E-state index contributed by atoms with van der Waals surface area (Å²) in [6, 6.07) is 3.41. The molecule has 0 bridgehead atoms. The lowest BCUT2D eigenvalue weighted by molar-refractivity contribution is 0.0919. The maximum absolute atomic E-state index is 12.1. The molecule has 2 N–H and O–H groups in total. The Labute approximate surface area is 119 Å². The molecular formula is C15H22N2O3. The first-order valence-corrected chi connectivity index (χ1v) is 6.58. The standard InChI is InChI=1S/C15H22N2O3/c1-4-10-20-12-6-5-8-16-13(12)14(19)17-11-15(2,3)7-9-18/h4-6,8,18H,1,7,9-11H2,2-3H3,(H,17,19). The van der Waals surface area contributed by atoms with Crippen LogP contribution < -0.4 is 10.1 Å². The van der Waals surface area contributed by atoms with Gasteiger partial charge in [-0.25, -0.2) is 4.98 Å². The molecule has 1 aromatic heterocycles. The third kappa shape index (κ3) is 5.01. The average molecular weight is 278 g/mol. The summed E-state index contributed by atoms with van der Waals surface area (Å²) in [6.07, 6.45) is 3.78. The van der Waals surface area contributed by atoms with E-state index in [2.05, 4.69) is 16.9 Å². The predicted octanol–water partition coefficient (Wildman–Crippen LogP) is 1.78. The fourth-order valence-electron chi connectivity index (χ4n) is 1.62. The van der Waals surface area contributed by atoms with Crippen molar-refractivity contribution in [3.8, 4) is 5.75 Å². The highest BCUT2D eigenvalue weighted by Crippen LogP contribution is 2.19. The van der Waals surface area contributed by atoms with E-state index in [9.17, 15) is 4.79 Å². The average Bonchev–Trinajstić information content (AvgIpc) is 2.43. The summed E-state index contributed by atoms with van der Waals surface area (Å²) in [5, 5.41) is 11.8. The van der Waals surface area contributed by atoms with Crippen LogP contribution in [0.3, 0.4) is 0 Å². The van der Waals surface area contributed by atoms with E-state index in [1.165, 1.54) is 0 Å².